The van der Waals surface area contributed by atoms with Crippen molar-refractivity contribution in [1.29, 1.82) is 5.26 Å². The van der Waals surface area contributed by atoms with Crippen molar-refractivity contribution in [1.82, 2.24) is 0 Å². The normalized spacial score (nSPS) is 10.9. The van der Waals surface area contributed by atoms with E-state index in [4.69, 9.17) is 4.74 Å². The maximum Gasteiger partial charge on any atom is 0.266 e. The van der Waals surface area contributed by atoms with Crippen molar-refractivity contribution in [2.24, 2.45) is 0 Å². The maximum absolute atomic E-state index is 14.1. The van der Waals surface area contributed by atoms with Gasteiger partial charge in [-0.3, -0.25) is 4.79 Å². The summed E-state index contributed by atoms with van der Waals surface area (Å²) in [7, 11) is 1.56. The highest BCUT2D eigenvalue weighted by Gasteiger charge is 2.13. The molecule has 3 aromatic carbocycles. The van der Waals surface area contributed by atoms with E-state index in [9.17, 15) is 14.4 Å². The topological polar surface area (TPSA) is 62.1 Å². The van der Waals surface area contributed by atoms with Crippen molar-refractivity contribution in [3.8, 4) is 11.8 Å². The Labute approximate surface area is 182 Å². The zero-order chi connectivity index (χ0) is 21.5. The number of benzene rings is 3. The second-order valence-electron chi connectivity index (χ2n) is 6.46. The van der Waals surface area contributed by atoms with Crippen LogP contribution in [0.5, 0.6) is 5.75 Å². The van der Waals surface area contributed by atoms with E-state index < -0.39 is 5.91 Å². The smallest absolute Gasteiger partial charge is 0.266 e. The molecular weight excluding hydrogens is 447 g/mol. The van der Waals surface area contributed by atoms with Gasteiger partial charge in [0.2, 0.25) is 0 Å². The third kappa shape index (κ3) is 5.34. The van der Waals surface area contributed by atoms with E-state index in [0.29, 0.717) is 29.0 Å². The lowest BCUT2D eigenvalue weighted by atomic mass is 9.98. The molecule has 0 atom stereocenters. The molecule has 4 nitrogen and oxygen atoms in total. The largest absolute Gasteiger partial charge is 0.497 e. The van der Waals surface area contributed by atoms with Gasteiger partial charge in [-0.05, 0) is 65.2 Å². The van der Waals surface area contributed by atoms with Crippen molar-refractivity contribution in [3.05, 3.63) is 99.3 Å². The van der Waals surface area contributed by atoms with Gasteiger partial charge >= 0.3 is 0 Å². The average molecular weight is 465 g/mol. The van der Waals surface area contributed by atoms with E-state index in [2.05, 4.69) is 21.2 Å². The summed E-state index contributed by atoms with van der Waals surface area (Å²) in [5.74, 6) is -0.163. The standard InChI is InChI=1S/C24H18BrFN2O2/c1-30-22-10-8-21(9-11-22)28-24(29)19(15-27)13-18-14-20(25)7-6-16(18)12-17-4-2-3-5-23(17)26/h2-11,13-14H,12H2,1H3,(H,28,29)/b19-13+. The SMILES string of the molecule is COc1ccc(NC(=O)/C(C#N)=C/c2cc(Br)ccc2Cc2ccccc2F)cc1. The molecule has 0 aliphatic heterocycles. The highest BCUT2D eigenvalue weighted by molar-refractivity contribution is 9.10. The minimum atomic E-state index is -0.528. The van der Waals surface area contributed by atoms with Crippen molar-refractivity contribution >= 4 is 33.6 Å². The van der Waals surface area contributed by atoms with E-state index in [1.807, 2.05) is 18.2 Å². The van der Waals surface area contributed by atoms with Crippen molar-refractivity contribution in [2.75, 3.05) is 12.4 Å². The Balaban J connectivity index is 1.89. The van der Waals surface area contributed by atoms with Gasteiger partial charge in [-0.2, -0.15) is 5.26 Å². The Hall–Kier alpha value is -3.43. The lowest BCUT2D eigenvalue weighted by Gasteiger charge is -2.10. The minimum Gasteiger partial charge on any atom is -0.497 e. The average Bonchev–Trinajstić information content (AvgIpc) is 2.75. The molecule has 0 aliphatic carbocycles. The summed E-state index contributed by atoms with van der Waals surface area (Å²) in [6, 6.07) is 20.8. The number of anilines is 1. The van der Waals surface area contributed by atoms with E-state index in [-0.39, 0.29) is 11.4 Å². The van der Waals surface area contributed by atoms with Crippen LogP contribution in [0.15, 0.2) is 76.8 Å². The molecule has 0 unspecified atom stereocenters. The monoisotopic (exact) mass is 464 g/mol. The number of hydrogen-bond acceptors (Lipinski definition) is 3. The summed E-state index contributed by atoms with van der Waals surface area (Å²) < 4.78 is 20.0. The van der Waals surface area contributed by atoms with Crippen LogP contribution in [-0.4, -0.2) is 13.0 Å². The molecular formula is C24H18BrFN2O2. The van der Waals surface area contributed by atoms with Gasteiger partial charge in [0.25, 0.3) is 5.91 Å². The number of carbonyl (C=O) groups excluding carboxylic acids is 1. The second kappa shape index (κ2) is 9.86. The summed E-state index contributed by atoms with van der Waals surface area (Å²) in [6.07, 6.45) is 1.85. The van der Waals surface area contributed by atoms with Crippen LogP contribution in [0.1, 0.15) is 16.7 Å². The number of nitrogens with zero attached hydrogens (tertiary/aromatic N) is 1. The zero-order valence-corrected chi connectivity index (χ0v) is 17.7. The summed E-state index contributed by atoms with van der Waals surface area (Å²) >= 11 is 3.41. The van der Waals surface area contributed by atoms with Gasteiger partial charge in [-0.15, -0.1) is 0 Å². The fraction of sp³-hybridized carbons (Fsp3) is 0.0833. The zero-order valence-electron chi connectivity index (χ0n) is 16.2. The fourth-order valence-corrected chi connectivity index (χ4v) is 3.26. The molecule has 0 bridgehead atoms. The molecule has 3 rings (SSSR count). The number of nitrogens with one attached hydrogen (secondary N) is 1. The van der Waals surface area contributed by atoms with E-state index in [1.54, 1.807) is 55.6 Å². The molecule has 3 aromatic rings. The first-order valence-corrected chi connectivity index (χ1v) is 9.88. The van der Waals surface area contributed by atoms with Crippen molar-refractivity contribution < 1.29 is 13.9 Å². The number of hydrogen-bond donors (Lipinski definition) is 1. The lowest BCUT2D eigenvalue weighted by Crippen LogP contribution is -2.13. The van der Waals surface area contributed by atoms with Gasteiger partial charge in [-0.1, -0.05) is 40.2 Å². The molecule has 0 saturated carbocycles. The Morgan fingerprint density at radius 2 is 1.87 bits per heavy atom. The number of halogens is 2. The predicted molar refractivity (Wildman–Crippen MR) is 119 cm³/mol. The maximum atomic E-state index is 14.1. The van der Waals surface area contributed by atoms with E-state index >= 15 is 0 Å². The summed E-state index contributed by atoms with van der Waals surface area (Å²) in [4.78, 5) is 12.6. The Kier molecular flexibility index (Phi) is 6.99. The first-order valence-electron chi connectivity index (χ1n) is 9.09. The Morgan fingerprint density at radius 1 is 1.13 bits per heavy atom. The first kappa shape index (κ1) is 21.3. The molecule has 1 amide bonds. The highest BCUT2D eigenvalue weighted by atomic mass is 79.9. The molecule has 6 heteroatoms. The molecule has 150 valence electrons. The summed E-state index contributed by atoms with van der Waals surface area (Å²) in [6.45, 7) is 0. The van der Waals surface area contributed by atoms with Gasteiger partial charge in [0.05, 0.1) is 7.11 Å². The fourth-order valence-electron chi connectivity index (χ4n) is 2.88. The molecule has 30 heavy (non-hydrogen) atoms. The van der Waals surface area contributed by atoms with Crippen molar-refractivity contribution in [2.45, 2.75) is 6.42 Å². The van der Waals surface area contributed by atoms with Crippen LogP contribution in [0.25, 0.3) is 6.08 Å². The number of rotatable bonds is 6. The predicted octanol–water partition coefficient (Wildman–Crippen LogP) is 5.73. The Morgan fingerprint density at radius 3 is 2.53 bits per heavy atom. The number of carbonyl (C=O) groups is 1. The van der Waals surface area contributed by atoms with E-state index in [1.165, 1.54) is 12.1 Å². The van der Waals surface area contributed by atoms with Gasteiger partial charge in [0.15, 0.2) is 0 Å². The van der Waals surface area contributed by atoms with Crippen molar-refractivity contribution in [3.63, 3.8) is 0 Å². The van der Waals surface area contributed by atoms with E-state index in [0.717, 1.165) is 10.0 Å². The lowest BCUT2D eigenvalue weighted by molar-refractivity contribution is -0.112. The molecule has 0 heterocycles. The number of amides is 1. The molecule has 0 aromatic heterocycles. The number of methoxy groups -OCH3 is 1. The summed E-state index contributed by atoms with van der Waals surface area (Å²) in [5, 5.41) is 12.2. The van der Waals surface area contributed by atoms with Crippen LogP contribution in [0, 0.1) is 17.1 Å². The van der Waals surface area contributed by atoms with Crippen LogP contribution >= 0.6 is 15.9 Å². The van der Waals surface area contributed by atoms with Gasteiger partial charge < -0.3 is 10.1 Å². The number of ether oxygens (including phenoxy) is 1. The number of nitriles is 1. The molecule has 1 N–H and O–H groups in total. The third-order valence-corrected chi connectivity index (χ3v) is 4.95. The third-order valence-electron chi connectivity index (χ3n) is 4.46. The van der Waals surface area contributed by atoms with Crippen LogP contribution in [0.4, 0.5) is 10.1 Å². The minimum absolute atomic E-state index is 0.0568. The molecule has 0 radical (unpaired) electrons. The highest BCUT2D eigenvalue weighted by Crippen LogP contribution is 2.24. The molecule has 0 aliphatic rings. The van der Waals surface area contributed by atoms with Gasteiger partial charge in [-0.25, -0.2) is 4.39 Å². The van der Waals surface area contributed by atoms with Crippen LogP contribution in [0.3, 0.4) is 0 Å². The van der Waals surface area contributed by atoms with Crippen LogP contribution in [-0.2, 0) is 11.2 Å². The molecule has 0 spiro atoms. The van der Waals surface area contributed by atoms with Crippen LogP contribution in [0.2, 0.25) is 0 Å². The van der Waals surface area contributed by atoms with Crippen LogP contribution < -0.4 is 10.1 Å². The summed E-state index contributed by atoms with van der Waals surface area (Å²) in [5.41, 5.74) is 2.49. The Bertz CT molecular complexity index is 1130. The van der Waals surface area contributed by atoms with Gasteiger partial charge in [0, 0.05) is 16.6 Å². The molecule has 0 fully saturated rings. The van der Waals surface area contributed by atoms with Gasteiger partial charge in [0.1, 0.15) is 23.2 Å². The second-order valence-corrected chi connectivity index (χ2v) is 7.38. The quantitative estimate of drug-likeness (QED) is 0.374. The molecule has 0 saturated heterocycles. The first-order chi connectivity index (χ1) is 14.5.